The molecule has 0 bridgehead atoms. The summed E-state index contributed by atoms with van der Waals surface area (Å²) in [5, 5.41) is 3.33. The molecule has 0 saturated heterocycles. The molecule has 2 heteroatoms. The SMILES string of the molecule is C=C(CC)c1cc(F)ccc1CCCCCNCC. The Morgan fingerprint density at radius 2 is 2.00 bits per heavy atom. The number of hydrogen-bond acceptors (Lipinski definition) is 1. The molecule has 1 rings (SSSR count). The van der Waals surface area contributed by atoms with Gasteiger partial charge in [-0.25, -0.2) is 4.39 Å². The van der Waals surface area contributed by atoms with Crippen molar-refractivity contribution in [3.63, 3.8) is 0 Å². The van der Waals surface area contributed by atoms with E-state index < -0.39 is 0 Å². The van der Waals surface area contributed by atoms with Crippen LogP contribution in [0.2, 0.25) is 0 Å². The highest BCUT2D eigenvalue weighted by Crippen LogP contribution is 2.23. The molecule has 0 aliphatic heterocycles. The number of nitrogens with one attached hydrogen (secondary N) is 1. The number of benzene rings is 1. The van der Waals surface area contributed by atoms with Gasteiger partial charge < -0.3 is 5.32 Å². The van der Waals surface area contributed by atoms with E-state index in [-0.39, 0.29) is 5.82 Å². The van der Waals surface area contributed by atoms with Crippen LogP contribution in [-0.2, 0) is 6.42 Å². The molecule has 0 aromatic heterocycles. The molecule has 0 saturated carbocycles. The van der Waals surface area contributed by atoms with Crippen molar-refractivity contribution in [3.05, 3.63) is 41.7 Å². The van der Waals surface area contributed by atoms with Crippen molar-refractivity contribution in [2.45, 2.75) is 46.0 Å². The minimum Gasteiger partial charge on any atom is -0.317 e. The molecule has 0 amide bonds. The van der Waals surface area contributed by atoms with Crippen molar-refractivity contribution < 1.29 is 4.39 Å². The minimum absolute atomic E-state index is 0.166. The van der Waals surface area contributed by atoms with Gasteiger partial charge in [-0.15, -0.1) is 0 Å². The lowest BCUT2D eigenvalue weighted by molar-refractivity contribution is 0.613. The molecule has 1 aromatic carbocycles. The fourth-order valence-corrected chi connectivity index (χ4v) is 2.21. The Morgan fingerprint density at radius 1 is 1.21 bits per heavy atom. The standard InChI is InChI=1S/C17H26FN/c1-4-14(3)17-13-16(18)11-10-15(17)9-7-6-8-12-19-5-2/h10-11,13,19H,3-9,12H2,1-2H3. The molecule has 1 aromatic rings. The normalized spacial score (nSPS) is 10.7. The van der Waals surface area contributed by atoms with E-state index in [0.29, 0.717) is 0 Å². The quantitative estimate of drug-likeness (QED) is 0.643. The van der Waals surface area contributed by atoms with Crippen molar-refractivity contribution in [2.24, 2.45) is 0 Å². The molecule has 0 radical (unpaired) electrons. The molecule has 0 aliphatic rings. The van der Waals surface area contributed by atoms with Gasteiger partial charge in [-0.2, -0.15) is 0 Å². The number of hydrogen-bond donors (Lipinski definition) is 1. The highest BCUT2D eigenvalue weighted by Gasteiger charge is 2.06. The summed E-state index contributed by atoms with van der Waals surface area (Å²) < 4.78 is 13.3. The van der Waals surface area contributed by atoms with E-state index in [9.17, 15) is 4.39 Å². The fourth-order valence-electron chi connectivity index (χ4n) is 2.21. The summed E-state index contributed by atoms with van der Waals surface area (Å²) in [4.78, 5) is 0. The average molecular weight is 263 g/mol. The van der Waals surface area contributed by atoms with Crippen LogP contribution in [0.1, 0.15) is 50.7 Å². The monoisotopic (exact) mass is 263 g/mol. The molecule has 0 fully saturated rings. The Labute approximate surface area is 116 Å². The summed E-state index contributed by atoms with van der Waals surface area (Å²) in [5.74, 6) is -0.166. The Kier molecular flexibility index (Phi) is 7.42. The Hall–Kier alpha value is -1.15. The smallest absolute Gasteiger partial charge is 0.123 e. The fraction of sp³-hybridized carbons (Fsp3) is 0.529. The first-order valence-corrected chi connectivity index (χ1v) is 7.36. The number of rotatable bonds is 9. The van der Waals surface area contributed by atoms with Crippen molar-refractivity contribution in [3.8, 4) is 0 Å². The van der Waals surface area contributed by atoms with Gasteiger partial charge in [0.05, 0.1) is 0 Å². The van der Waals surface area contributed by atoms with Gasteiger partial charge in [0.2, 0.25) is 0 Å². The predicted octanol–water partition coefficient (Wildman–Crippen LogP) is 4.57. The summed E-state index contributed by atoms with van der Waals surface area (Å²) in [6.45, 7) is 10.4. The third kappa shape index (κ3) is 5.56. The van der Waals surface area contributed by atoms with Gasteiger partial charge in [0, 0.05) is 0 Å². The Balaban J connectivity index is 2.50. The second-order valence-electron chi connectivity index (χ2n) is 4.92. The lowest BCUT2D eigenvalue weighted by atomic mass is 9.95. The summed E-state index contributed by atoms with van der Waals surface area (Å²) in [7, 11) is 0. The van der Waals surface area contributed by atoms with Gasteiger partial charge in [0.15, 0.2) is 0 Å². The zero-order chi connectivity index (χ0) is 14.1. The molecular weight excluding hydrogens is 237 g/mol. The number of allylic oxidation sites excluding steroid dienone is 1. The van der Waals surface area contributed by atoms with Gasteiger partial charge in [0.1, 0.15) is 5.82 Å². The first kappa shape index (κ1) is 15.9. The minimum atomic E-state index is -0.166. The van der Waals surface area contributed by atoms with E-state index in [0.717, 1.165) is 43.5 Å². The van der Waals surface area contributed by atoms with E-state index in [4.69, 9.17) is 0 Å². The largest absolute Gasteiger partial charge is 0.317 e. The van der Waals surface area contributed by atoms with Crippen molar-refractivity contribution >= 4 is 5.57 Å². The Bertz CT molecular complexity index is 398. The van der Waals surface area contributed by atoms with E-state index in [1.165, 1.54) is 18.4 Å². The van der Waals surface area contributed by atoms with E-state index in [2.05, 4.69) is 25.7 Å². The highest BCUT2D eigenvalue weighted by molar-refractivity contribution is 5.66. The van der Waals surface area contributed by atoms with Crippen LogP contribution in [-0.4, -0.2) is 13.1 Å². The van der Waals surface area contributed by atoms with Crippen LogP contribution in [0, 0.1) is 5.82 Å². The van der Waals surface area contributed by atoms with E-state index in [1.54, 1.807) is 12.1 Å². The molecule has 1 nitrogen and oxygen atoms in total. The van der Waals surface area contributed by atoms with E-state index in [1.807, 2.05) is 6.07 Å². The number of unbranched alkanes of at least 4 members (excludes halogenated alkanes) is 2. The van der Waals surface area contributed by atoms with Gasteiger partial charge in [0.25, 0.3) is 0 Å². The maximum atomic E-state index is 13.3. The molecule has 0 unspecified atom stereocenters. The topological polar surface area (TPSA) is 12.0 Å². The van der Waals surface area contributed by atoms with Crippen LogP contribution in [0.25, 0.3) is 5.57 Å². The lowest BCUT2D eigenvalue weighted by Gasteiger charge is -2.11. The van der Waals surface area contributed by atoms with Gasteiger partial charge >= 0.3 is 0 Å². The summed E-state index contributed by atoms with van der Waals surface area (Å²) >= 11 is 0. The molecule has 106 valence electrons. The van der Waals surface area contributed by atoms with Gasteiger partial charge in [-0.05, 0) is 67.6 Å². The molecule has 0 aliphatic carbocycles. The second kappa shape index (κ2) is 8.87. The third-order valence-electron chi connectivity index (χ3n) is 3.43. The number of aryl methyl sites for hydroxylation is 1. The zero-order valence-electron chi connectivity index (χ0n) is 12.3. The summed E-state index contributed by atoms with van der Waals surface area (Å²) in [5.41, 5.74) is 3.27. The lowest BCUT2D eigenvalue weighted by Crippen LogP contribution is -2.13. The predicted molar refractivity (Wildman–Crippen MR) is 81.8 cm³/mol. The average Bonchev–Trinajstić information content (AvgIpc) is 2.43. The molecular formula is C17H26FN. The van der Waals surface area contributed by atoms with Crippen molar-refractivity contribution in [2.75, 3.05) is 13.1 Å². The van der Waals surface area contributed by atoms with Crippen LogP contribution in [0.4, 0.5) is 4.39 Å². The van der Waals surface area contributed by atoms with Crippen LogP contribution in [0.3, 0.4) is 0 Å². The number of halogens is 1. The second-order valence-corrected chi connectivity index (χ2v) is 4.92. The van der Waals surface area contributed by atoms with E-state index >= 15 is 0 Å². The maximum absolute atomic E-state index is 13.3. The zero-order valence-corrected chi connectivity index (χ0v) is 12.3. The highest BCUT2D eigenvalue weighted by atomic mass is 19.1. The molecule has 0 spiro atoms. The van der Waals surface area contributed by atoms with Crippen LogP contribution in [0.5, 0.6) is 0 Å². The van der Waals surface area contributed by atoms with Gasteiger partial charge in [-0.1, -0.05) is 32.9 Å². The molecule has 0 atom stereocenters. The van der Waals surface area contributed by atoms with Crippen LogP contribution in [0.15, 0.2) is 24.8 Å². The van der Waals surface area contributed by atoms with Crippen molar-refractivity contribution in [1.82, 2.24) is 5.32 Å². The molecule has 0 heterocycles. The molecule has 1 N–H and O–H groups in total. The van der Waals surface area contributed by atoms with Crippen molar-refractivity contribution in [1.29, 1.82) is 0 Å². The summed E-state index contributed by atoms with van der Waals surface area (Å²) in [6.07, 6.45) is 5.46. The van der Waals surface area contributed by atoms with Gasteiger partial charge in [-0.3, -0.25) is 0 Å². The first-order chi connectivity index (χ1) is 9.19. The summed E-state index contributed by atoms with van der Waals surface area (Å²) in [6, 6.07) is 5.09. The molecule has 19 heavy (non-hydrogen) atoms. The Morgan fingerprint density at radius 3 is 2.68 bits per heavy atom. The van der Waals surface area contributed by atoms with Crippen LogP contribution >= 0.6 is 0 Å². The maximum Gasteiger partial charge on any atom is 0.123 e. The first-order valence-electron chi connectivity index (χ1n) is 7.36. The van der Waals surface area contributed by atoms with Crippen LogP contribution < -0.4 is 5.32 Å². The third-order valence-corrected chi connectivity index (χ3v) is 3.43.